The molecular formula is C23H32N6S. The van der Waals surface area contributed by atoms with Gasteiger partial charge in [0.15, 0.2) is 5.16 Å². The number of anilines is 1. The fourth-order valence-corrected chi connectivity index (χ4v) is 5.65. The summed E-state index contributed by atoms with van der Waals surface area (Å²) in [6.07, 6.45) is 9.13. The highest BCUT2D eigenvalue weighted by Gasteiger charge is 2.54. The molecule has 1 atom stereocenters. The number of hydrogen-bond acceptors (Lipinski definition) is 7. The van der Waals surface area contributed by atoms with Gasteiger partial charge < -0.3 is 9.80 Å². The van der Waals surface area contributed by atoms with Crippen LogP contribution in [0, 0.1) is 5.41 Å². The zero-order chi connectivity index (χ0) is 20.7. The molecular weight excluding hydrogens is 392 g/mol. The molecule has 1 saturated heterocycles. The van der Waals surface area contributed by atoms with Crippen LogP contribution in [-0.4, -0.2) is 71.3 Å². The predicted molar refractivity (Wildman–Crippen MR) is 122 cm³/mol. The van der Waals surface area contributed by atoms with Crippen LogP contribution in [0.25, 0.3) is 0 Å². The number of pyridine rings is 1. The molecule has 0 bridgehead atoms. The molecule has 1 unspecified atom stereocenters. The number of nitrogens with zero attached hydrogens (tertiary/aromatic N) is 6. The van der Waals surface area contributed by atoms with Crippen molar-refractivity contribution in [2.24, 2.45) is 5.41 Å². The van der Waals surface area contributed by atoms with Crippen LogP contribution in [0.3, 0.4) is 0 Å². The van der Waals surface area contributed by atoms with Gasteiger partial charge in [-0.2, -0.15) is 0 Å². The number of rotatable bonds is 5. The fourth-order valence-electron chi connectivity index (χ4n) is 5.26. The number of likely N-dealkylation sites (N-methyl/N-ethyl adjacent to an activating group) is 1. The predicted octanol–water partition coefficient (Wildman–Crippen LogP) is 3.24. The SMILES string of the molecule is CSc1nc(CN(C)C2c3ncccc3CCC23CC3)cc(N2CCN(C)CC2)n1. The molecule has 0 N–H and O–H groups in total. The van der Waals surface area contributed by atoms with Crippen molar-refractivity contribution >= 4 is 17.6 Å². The first-order valence-electron chi connectivity index (χ1n) is 11.1. The molecule has 7 heteroatoms. The molecule has 30 heavy (non-hydrogen) atoms. The van der Waals surface area contributed by atoms with Crippen LogP contribution in [0.1, 0.15) is 42.3 Å². The maximum absolute atomic E-state index is 4.87. The summed E-state index contributed by atoms with van der Waals surface area (Å²) in [5.41, 5.74) is 4.26. The Bertz CT molecular complexity index is 906. The van der Waals surface area contributed by atoms with Crippen LogP contribution in [0.4, 0.5) is 5.82 Å². The molecule has 0 amide bonds. The van der Waals surface area contributed by atoms with E-state index in [-0.39, 0.29) is 0 Å². The van der Waals surface area contributed by atoms with Crippen molar-refractivity contribution in [3.05, 3.63) is 41.3 Å². The van der Waals surface area contributed by atoms with E-state index in [2.05, 4.69) is 53.2 Å². The molecule has 1 saturated carbocycles. The molecule has 160 valence electrons. The molecule has 2 aromatic rings. The topological polar surface area (TPSA) is 48.4 Å². The monoisotopic (exact) mass is 424 g/mol. The van der Waals surface area contributed by atoms with Crippen LogP contribution in [0.2, 0.25) is 0 Å². The minimum Gasteiger partial charge on any atom is -0.354 e. The second-order valence-corrected chi connectivity index (χ2v) is 10.00. The first-order chi connectivity index (χ1) is 14.6. The van der Waals surface area contributed by atoms with Gasteiger partial charge in [0.2, 0.25) is 0 Å². The molecule has 2 aromatic heterocycles. The number of piperazine rings is 1. The lowest BCUT2D eigenvalue weighted by atomic mass is 9.79. The van der Waals surface area contributed by atoms with E-state index in [0.717, 1.165) is 49.4 Å². The lowest BCUT2D eigenvalue weighted by Gasteiger charge is -2.39. The van der Waals surface area contributed by atoms with Crippen molar-refractivity contribution in [1.29, 1.82) is 0 Å². The van der Waals surface area contributed by atoms with E-state index in [4.69, 9.17) is 15.0 Å². The van der Waals surface area contributed by atoms with E-state index in [1.54, 1.807) is 11.8 Å². The maximum Gasteiger partial charge on any atom is 0.189 e. The molecule has 0 aromatic carbocycles. The van der Waals surface area contributed by atoms with E-state index in [9.17, 15) is 0 Å². The van der Waals surface area contributed by atoms with Crippen molar-refractivity contribution in [2.45, 2.75) is 43.4 Å². The first-order valence-corrected chi connectivity index (χ1v) is 12.3. The number of fused-ring (bicyclic) bond motifs is 1. The Kier molecular flexibility index (Phi) is 5.45. The highest BCUT2D eigenvalue weighted by molar-refractivity contribution is 7.98. The van der Waals surface area contributed by atoms with Crippen molar-refractivity contribution in [3.8, 4) is 0 Å². The van der Waals surface area contributed by atoms with Crippen molar-refractivity contribution in [3.63, 3.8) is 0 Å². The van der Waals surface area contributed by atoms with Crippen LogP contribution in [0.5, 0.6) is 0 Å². The highest BCUT2D eigenvalue weighted by atomic mass is 32.2. The van der Waals surface area contributed by atoms with E-state index in [0.29, 0.717) is 11.5 Å². The normalized spacial score (nSPS) is 23.1. The van der Waals surface area contributed by atoms with Gasteiger partial charge in [0.25, 0.3) is 0 Å². The van der Waals surface area contributed by atoms with Crippen molar-refractivity contribution < 1.29 is 0 Å². The van der Waals surface area contributed by atoms with Gasteiger partial charge in [-0.15, -0.1) is 0 Å². The van der Waals surface area contributed by atoms with E-state index >= 15 is 0 Å². The third-order valence-electron chi connectivity index (χ3n) is 7.16. The molecule has 2 fully saturated rings. The Balaban J connectivity index is 1.41. The van der Waals surface area contributed by atoms with Gasteiger partial charge in [-0.3, -0.25) is 9.88 Å². The molecule has 3 aliphatic rings. The molecule has 0 radical (unpaired) electrons. The number of aromatic nitrogens is 3. The average molecular weight is 425 g/mol. The number of thioether (sulfide) groups is 1. The van der Waals surface area contributed by atoms with E-state index in [1.807, 2.05) is 6.20 Å². The summed E-state index contributed by atoms with van der Waals surface area (Å²) in [6, 6.07) is 6.95. The molecule has 6 nitrogen and oxygen atoms in total. The average Bonchev–Trinajstić information content (AvgIpc) is 3.53. The standard InChI is InChI=1S/C23H32N6S/c1-27-11-13-29(14-12-27)19-15-18(25-22(26-19)30-3)16-28(2)21-20-17(5-4-10-24-20)6-7-23(21)8-9-23/h4-5,10,15,21H,6-9,11-14,16H2,1-3H3. The van der Waals surface area contributed by atoms with Gasteiger partial charge >= 0.3 is 0 Å². The van der Waals surface area contributed by atoms with Crippen LogP contribution >= 0.6 is 11.8 Å². The molecule has 3 heterocycles. The van der Waals surface area contributed by atoms with Crippen molar-refractivity contribution in [2.75, 3.05) is 51.4 Å². The Morgan fingerprint density at radius 2 is 1.97 bits per heavy atom. The highest BCUT2D eigenvalue weighted by Crippen LogP contribution is 2.62. The number of hydrogen-bond donors (Lipinski definition) is 0. The fraction of sp³-hybridized carbons (Fsp3) is 0.609. The van der Waals surface area contributed by atoms with Crippen molar-refractivity contribution in [1.82, 2.24) is 24.8 Å². The lowest BCUT2D eigenvalue weighted by molar-refractivity contribution is 0.129. The summed E-state index contributed by atoms with van der Waals surface area (Å²) in [6.45, 7) is 5.06. The first kappa shape index (κ1) is 20.2. The lowest BCUT2D eigenvalue weighted by Crippen LogP contribution is -2.45. The van der Waals surface area contributed by atoms with Crippen LogP contribution in [0.15, 0.2) is 29.6 Å². The Hall–Kier alpha value is -1.70. The number of aryl methyl sites for hydroxylation is 1. The summed E-state index contributed by atoms with van der Waals surface area (Å²) >= 11 is 1.63. The van der Waals surface area contributed by atoms with Crippen LogP contribution < -0.4 is 4.90 Å². The quantitative estimate of drug-likeness (QED) is 0.539. The molecule has 5 rings (SSSR count). The minimum atomic E-state index is 0.391. The summed E-state index contributed by atoms with van der Waals surface area (Å²) in [5, 5.41) is 0.873. The Morgan fingerprint density at radius 1 is 1.17 bits per heavy atom. The largest absolute Gasteiger partial charge is 0.354 e. The van der Waals surface area contributed by atoms with Gasteiger partial charge in [0, 0.05) is 45.0 Å². The maximum atomic E-state index is 4.87. The van der Waals surface area contributed by atoms with E-state index < -0.39 is 0 Å². The summed E-state index contributed by atoms with van der Waals surface area (Å²) < 4.78 is 0. The van der Waals surface area contributed by atoms with Gasteiger partial charge in [-0.05, 0) is 63.1 Å². The van der Waals surface area contributed by atoms with Gasteiger partial charge in [-0.25, -0.2) is 9.97 Å². The molecule has 1 aliphatic heterocycles. The second-order valence-electron chi connectivity index (χ2n) is 9.22. The molecule has 2 aliphatic carbocycles. The van der Waals surface area contributed by atoms with Gasteiger partial charge in [-0.1, -0.05) is 17.8 Å². The second kappa shape index (κ2) is 8.09. The summed E-state index contributed by atoms with van der Waals surface area (Å²) in [5.74, 6) is 1.08. The zero-order valence-electron chi connectivity index (χ0n) is 18.3. The van der Waals surface area contributed by atoms with E-state index in [1.165, 1.54) is 36.9 Å². The Labute approximate surface area is 184 Å². The molecule has 1 spiro atoms. The minimum absolute atomic E-state index is 0.391. The Morgan fingerprint density at radius 3 is 2.70 bits per heavy atom. The third kappa shape index (κ3) is 3.83. The third-order valence-corrected chi connectivity index (χ3v) is 7.70. The smallest absolute Gasteiger partial charge is 0.189 e. The summed E-state index contributed by atoms with van der Waals surface area (Å²) in [7, 11) is 4.44. The summed E-state index contributed by atoms with van der Waals surface area (Å²) in [4.78, 5) is 21.8. The van der Waals surface area contributed by atoms with Gasteiger partial charge in [0.1, 0.15) is 5.82 Å². The van der Waals surface area contributed by atoms with Crippen LogP contribution in [-0.2, 0) is 13.0 Å². The van der Waals surface area contributed by atoms with Gasteiger partial charge in [0.05, 0.1) is 17.4 Å². The zero-order valence-corrected chi connectivity index (χ0v) is 19.2.